The molecule has 1 aromatic carbocycles. The molecule has 5 nitrogen and oxygen atoms in total. The Labute approximate surface area is 125 Å². The van der Waals surface area contributed by atoms with Crippen LogP contribution in [-0.4, -0.2) is 31.1 Å². The van der Waals surface area contributed by atoms with Gasteiger partial charge in [-0.3, -0.25) is 4.79 Å². The maximum atomic E-state index is 12.1. The van der Waals surface area contributed by atoms with Crippen LogP contribution in [0.15, 0.2) is 30.3 Å². The zero-order valence-corrected chi connectivity index (χ0v) is 13.0. The highest BCUT2D eigenvalue weighted by atomic mass is 16.5. The largest absolute Gasteiger partial charge is 0.467 e. The molecule has 1 amide bonds. The number of carbonyl (C=O) groups is 2. The van der Waals surface area contributed by atoms with Gasteiger partial charge in [0.2, 0.25) is 0 Å². The topological polar surface area (TPSA) is 83.0 Å². The maximum Gasteiger partial charge on any atom is 0.328 e. The summed E-state index contributed by atoms with van der Waals surface area (Å²) in [6.45, 7) is 4.07. The number of esters is 1. The molecule has 0 aliphatic rings. The first-order valence-electron chi connectivity index (χ1n) is 7.19. The third-order valence-electron chi connectivity index (χ3n) is 3.21. The average molecular weight is 293 g/mol. The Balaban J connectivity index is 2.70. The van der Waals surface area contributed by atoms with Gasteiger partial charge in [-0.2, -0.15) is 0 Å². The number of amides is 1. The number of benzene rings is 1. The van der Waals surface area contributed by atoms with Crippen LogP contribution in [0.5, 0.6) is 0 Å². The van der Waals surface area contributed by atoms with Crippen molar-refractivity contribution >= 4 is 11.9 Å². The Morgan fingerprint density at radius 1 is 1.24 bits per heavy atom. The Bertz CT molecular complexity index is 460. The van der Waals surface area contributed by atoms with Crippen LogP contribution in [-0.2, 0) is 20.7 Å². The van der Waals surface area contributed by atoms with Crippen molar-refractivity contribution in [1.29, 1.82) is 0 Å². The third-order valence-corrected chi connectivity index (χ3v) is 3.21. The number of ether oxygens (including phenoxy) is 1. The highest BCUT2D eigenvalue weighted by molar-refractivity contribution is 5.86. The predicted molar refractivity (Wildman–Crippen MR) is 80.2 cm³/mol. The highest BCUT2D eigenvalue weighted by Gasteiger charge is 2.26. The first-order chi connectivity index (χ1) is 9.93. The van der Waals surface area contributed by atoms with Crippen molar-refractivity contribution in [1.82, 2.24) is 5.32 Å². The zero-order valence-electron chi connectivity index (χ0n) is 13.0. The van der Waals surface area contributed by atoms with E-state index in [9.17, 15) is 9.59 Å². The van der Waals surface area contributed by atoms with E-state index in [4.69, 9.17) is 4.74 Å². The number of nitrogens with one attached hydrogen (secondary N) is 1. The van der Waals surface area contributed by atoms with Crippen LogP contribution in [0.2, 0.25) is 0 Å². The summed E-state index contributed by atoms with van der Waals surface area (Å²) < 4.78 is 4.77. The van der Waals surface area contributed by atoms with Crippen LogP contribution >= 0.6 is 0 Å². The van der Waals surface area contributed by atoms with E-state index in [1.165, 1.54) is 7.11 Å². The molecule has 2 unspecified atom stereocenters. The molecular formula is C16H25N2O3+. The fourth-order valence-electron chi connectivity index (χ4n) is 2.15. The van der Waals surface area contributed by atoms with Crippen molar-refractivity contribution in [3.8, 4) is 0 Å². The lowest BCUT2D eigenvalue weighted by atomic mass is 10.0. The van der Waals surface area contributed by atoms with E-state index in [1.807, 2.05) is 44.2 Å². The monoisotopic (exact) mass is 293 g/mol. The summed E-state index contributed by atoms with van der Waals surface area (Å²) >= 11 is 0. The number of hydrogen-bond acceptors (Lipinski definition) is 3. The van der Waals surface area contributed by atoms with E-state index in [1.54, 1.807) is 0 Å². The fourth-order valence-corrected chi connectivity index (χ4v) is 2.15. The van der Waals surface area contributed by atoms with Gasteiger partial charge in [0.05, 0.1) is 7.11 Å². The van der Waals surface area contributed by atoms with E-state index < -0.39 is 12.0 Å². The zero-order chi connectivity index (χ0) is 15.8. The SMILES string of the molecule is COC(=O)C(Cc1ccccc1)NC(=O)C([NH3+])CC(C)C. The van der Waals surface area contributed by atoms with Crippen LogP contribution < -0.4 is 11.1 Å². The minimum Gasteiger partial charge on any atom is -0.467 e. The lowest BCUT2D eigenvalue weighted by molar-refractivity contribution is -0.406. The van der Waals surface area contributed by atoms with Gasteiger partial charge in [0, 0.05) is 12.8 Å². The van der Waals surface area contributed by atoms with Gasteiger partial charge >= 0.3 is 5.97 Å². The Kier molecular flexibility index (Phi) is 6.88. The molecule has 5 heteroatoms. The molecule has 0 aromatic heterocycles. The van der Waals surface area contributed by atoms with Crippen molar-refractivity contribution in [3.05, 3.63) is 35.9 Å². The van der Waals surface area contributed by atoms with Gasteiger partial charge in [0.15, 0.2) is 6.04 Å². The standard InChI is InChI=1S/C16H24N2O3/c1-11(2)9-13(17)15(19)18-14(16(20)21-3)10-12-7-5-4-6-8-12/h4-8,11,13-14H,9-10,17H2,1-3H3,(H,18,19)/p+1. The molecule has 4 N–H and O–H groups in total. The lowest BCUT2D eigenvalue weighted by Gasteiger charge is -2.18. The molecule has 0 saturated heterocycles. The first-order valence-corrected chi connectivity index (χ1v) is 7.19. The predicted octanol–water partition coefficient (Wildman–Crippen LogP) is 0.544. The molecule has 0 aliphatic heterocycles. The average Bonchev–Trinajstić information content (AvgIpc) is 2.46. The molecule has 0 bridgehead atoms. The number of hydrogen-bond donors (Lipinski definition) is 2. The molecule has 0 aliphatic carbocycles. The Morgan fingerprint density at radius 3 is 2.38 bits per heavy atom. The number of carbonyl (C=O) groups excluding carboxylic acids is 2. The van der Waals surface area contributed by atoms with E-state index in [0.29, 0.717) is 18.8 Å². The molecule has 116 valence electrons. The third kappa shape index (κ3) is 5.95. The van der Waals surface area contributed by atoms with Gasteiger partial charge in [-0.15, -0.1) is 0 Å². The molecule has 0 saturated carbocycles. The molecule has 1 rings (SSSR count). The number of methoxy groups -OCH3 is 1. The van der Waals surface area contributed by atoms with Crippen molar-refractivity contribution in [2.24, 2.45) is 5.92 Å². The highest BCUT2D eigenvalue weighted by Crippen LogP contribution is 2.06. The van der Waals surface area contributed by atoms with Gasteiger partial charge < -0.3 is 15.8 Å². The van der Waals surface area contributed by atoms with Crippen LogP contribution in [0.25, 0.3) is 0 Å². The van der Waals surface area contributed by atoms with Gasteiger partial charge in [0.25, 0.3) is 5.91 Å². The quantitative estimate of drug-likeness (QED) is 0.720. The van der Waals surface area contributed by atoms with E-state index in [0.717, 1.165) is 5.56 Å². The normalized spacial score (nSPS) is 13.6. The molecule has 0 spiro atoms. The van der Waals surface area contributed by atoms with Crippen LogP contribution in [0.1, 0.15) is 25.8 Å². The summed E-state index contributed by atoms with van der Waals surface area (Å²) in [6, 6.07) is 8.48. The molecule has 0 heterocycles. The van der Waals surface area contributed by atoms with Crippen molar-refractivity contribution < 1.29 is 20.1 Å². The maximum absolute atomic E-state index is 12.1. The second kappa shape index (κ2) is 8.42. The summed E-state index contributed by atoms with van der Waals surface area (Å²) in [5.74, 6) is -0.275. The van der Waals surface area contributed by atoms with E-state index in [2.05, 4.69) is 11.1 Å². The second-order valence-corrected chi connectivity index (χ2v) is 5.60. The Hall–Kier alpha value is -1.88. The summed E-state index contributed by atoms with van der Waals surface area (Å²) in [4.78, 5) is 24.0. The molecule has 21 heavy (non-hydrogen) atoms. The van der Waals surface area contributed by atoms with Crippen LogP contribution in [0, 0.1) is 5.92 Å². The second-order valence-electron chi connectivity index (χ2n) is 5.60. The summed E-state index contributed by atoms with van der Waals surface area (Å²) in [6.07, 6.45) is 1.10. The number of rotatable bonds is 7. The van der Waals surface area contributed by atoms with Gasteiger partial charge in [-0.25, -0.2) is 4.79 Å². The Morgan fingerprint density at radius 2 is 1.86 bits per heavy atom. The summed E-state index contributed by atoms with van der Waals surface area (Å²) in [5.41, 5.74) is 4.83. The minimum atomic E-state index is -0.679. The van der Waals surface area contributed by atoms with Crippen LogP contribution in [0.4, 0.5) is 0 Å². The molecule has 0 radical (unpaired) electrons. The lowest BCUT2D eigenvalue weighted by Crippen LogP contribution is -2.69. The first kappa shape index (κ1) is 17.2. The van der Waals surface area contributed by atoms with Gasteiger partial charge in [0.1, 0.15) is 6.04 Å². The van der Waals surface area contributed by atoms with Crippen molar-refractivity contribution in [2.75, 3.05) is 7.11 Å². The smallest absolute Gasteiger partial charge is 0.328 e. The summed E-state index contributed by atoms with van der Waals surface area (Å²) in [7, 11) is 1.32. The minimum absolute atomic E-state index is 0.213. The number of quaternary nitrogens is 1. The van der Waals surface area contributed by atoms with Gasteiger partial charge in [-0.1, -0.05) is 44.2 Å². The van der Waals surface area contributed by atoms with E-state index >= 15 is 0 Å². The van der Waals surface area contributed by atoms with Crippen LogP contribution in [0.3, 0.4) is 0 Å². The molecular weight excluding hydrogens is 268 g/mol. The van der Waals surface area contributed by atoms with Crippen molar-refractivity contribution in [2.45, 2.75) is 38.8 Å². The summed E-state index contributed by atoms with van der Waals surface area (Å²) in [5, 5.41) is 2.75. The molecule has 1 aromatic rings. The van der Waals surface area contributed by atoms with E-state index in [-0.39, 0.29) is 11.9 Å². The fraction of sp³-hybridized carbons (Fsp3) is 0.500. The molecule has 0 fully saturated rings. The van der Waals surface area contributed by atoms with Crippen molar-refractivity contribution in [3.63, 3.8) is 0 Å². The molecule has 2 atom stereocenters. The van der Waals surface area contributed by atoms with Gasteiger partial charge in [-0.05, 0) is 11.5 Å².